The lowest BCUT2D eigenvalue weighted by Gasteiger charge is -2.17. The van der Waals surface area contributed by atoms with E-state index in [1.807, 2.05) is 18.2 Å². The number of aryl methyl sites for hydroxylation is 1. The lowest BCUT2D eigenvalue weighted by Crippen LogP contribution is -2.16. The van der Waals surface area contributed by atoms with E-state index in [9.17, 15) is 4.79 Å². The third kappa shape index (κ3) is 4.32. The number of ether oxygens (including phenoxy) is 1. The van der Waals surface area contributed by atoms with Gasteiger partial charge >= 0.3 is 0 Å². The Morgan fingerprint density at radius 1 is 1.35 bits per heavy atom. The van der Waals surface area contributed by atoms with Crippen molar-refractivity contribution in [3.63, 3.8) is 0 Å². The zero-order chi connectivity index (χ0) is 22.0. The number of amides is 1. The van der Waals surface area contributed by atoms with Gasteiger partial charge < -0.3 is 21.1 Å². The van der Waals surface area contributed by atoms with E-state index in [2.05, 4.69) is 30.7 Å². The molecule has 10 nitrogen and oxygen atoms in total. The summed E-state index contributed by atoms with van der Waals surface area (Å²) in [5.74, 6) is 1.54. The van der Waals surface area contributed by atoms with Crippen molar-refractivity contribution >= 4 is 35.0 Å². The van der Waals surface area contributed by atoms with E-state index in [0.29, 0.717) is 40.1 Å². The van der Waals surface area contributed by atoms with Gasteiger partial charge in [-0.05, 0) is 25.0 Å². The Morgan fingerprint density at radius 2 is 2.16 bits per heavy atom. The van der Waals surface area contributed by atoms with Gasteiger partial charge in [0.15, 0.2) is 11.6 Å². The minimum atomic E-state index is -0.0385. The van der Waals surface area contributed by atoms with Crippen molar-refractivity contribution in [2.45, 2.75) is 12.8 Å². The van der Waals surface area contributed by atoms with Crippen LogP contribution >= 0.6 is 0 Å². The topological polar surface area (TPSA) is 132 Å². The first-order valence-corrected chi connectivity index (χ1v) is 9.83. The van der Waals surface area contributed by atoms with E-state index in [4.69, 9.17) is 10.5 Å². The van der Waals surface area contributed by atoms with E-state index in [-0.39, 0.29) is 11.8 Å². The van der Waals surface area contributed by atoms with Crippen LogP contribution in [0.25, 0.3) is 11.4 Å². The Hall–Kier alpha value is -3.95. The molecule has 0 spiro atoms. The normalized spacial score (nSPS) is 13.4. The number of rotatable bonds is 7. The summed E-state index contributed by atoms with van der Waals surface area (Å²) in [5.41, 5.74) is 9.17. The molecule has 1 saturated carbocycles. The predicted octanol–water partition coefficient (Wildman–Crippen LogP) is 2.61. The van der Waals surface area contributed by atoms with Crippen LogP contribution in [0.4, 0.5) is 22.9 Å². The lowest BCUT2D eigenvalue weighted by molar-refractivity contribution is -0.117. The highest BCUT2D eigenvalue weighted by Gasteiger charge is 2.30. The van der Waals surface area contributed by atoms with Crippen LogP contribution in [0.15, 0.2) is 35.6 Å². The highest BCUT2D eigenvalue weighted by molar-refractivity contribution is 5.97. The van der Waals surface area contributed by atoms with Crippen LogP contribution in [0.1, 0.15) is 18.5 Å². The zero-order valence-corrected chi connectivity index (χ0v) is 17.6. The standard InChI is InChI=1S/C21H24N8O2/c1-23-10-16-18(22)15(9-17(26-16)27-21(30)12-7-8-12)25-14-6-4-5-13(19(14)31-3)20-24-11-29(2)28-20/h4-6,9-12H,7-8,22H2,1-3H3,(H2,25,26,27,30). The smallest absolute Gasteiger partial charge is 0.228 e. The third-order valence-corrected chi connectivity index (χ3v) is 4.87. The molecule has 4 N–H and O–H groups in total. The Balaban J connectivity index is 1.72. The van der Waals surface area contributed by atoms with Gasteiger partial charge in [0.25, 0.3) is 0 Å². The van der Waals surface area contributed by atoms with Crippen molar-refractivity contribution in [3.8, 4) is 17.1 Å². The zero-order valence-electron chi connectivity index (χ0n) is 17.6. The number of hydrogen-bond donors (Lipinski definition) is 3. The van der Waals surface area contributed by atoms with Crippen molar-refractivity contribution in [2.75, 3.05) is 30.5 Å². The largest absolute Gasteiger partial charge is 0.494 e. The molecule has 10 heteroatoms. The van der Waals surface area contributed by atoms with Crippen LogP contribution < -0.4 is 21.1 Å². The number of aliphatic imine (C=N–C) groups is 1. The molecule has 4 rings (SSSR count). The molecule has 0 atom stereocenters. The number of nitrogens with one attached hydrogen (secondary N) is 2. The average Bonchev–Trinajstić information content (AvgIpc) is 3.52. The fraction of sp³-hybridized carbons (Fsp3) is 0.286. The number of benzene rings is 1. The van der Waals surface area contributed by atoms with Crippen molar-refractivity contribution < 1.29 is 9.53 Å². The summed E-state index contributed by atoms with van der Waals surface area (Å²) in [5, 5.41) is 10.5. The second kappa shape index (κ2) is 8.42. The van der Waals surface area contributed by atoms with Gasteiger partial charge in [-0.2, -0.15) is 5.10 Å². The van der Waals surface area contributed by atoms with E-state index in [1.54, 1.807) is 44.5 Å². The van der Waals surface area contributed by atoms with Gasteiger partial charge in [0.2, 0.25) is 5.91 Å². The van der Waals surface area contributed by atoms with Gasteiger partial charge in [-0.3, -0.25) is 14.5 Å². The highest BCUT2D eigenvalue weighted by Crippen LogP contribution is 2.38. The summed E-state index contributed by atoms with van der Waals surface area (Å²) in [4.78, 5) is 25.0. The Kier molecular flexibility index (Phi) is 5.52. The molecule has 2 aromatic heterocycles. The maximum atomic E-state index is 12.2. The van der Waals surface area contributed by atoms with Crippen LogP contribution in [-0.2, 0) is 11.8 Å². The monoisotopic (exact) mass is 420 g/mol. The van der Waals surface area contributed by atoms with Crippen LogP contribution in [0.2, 0.25) is 0 Å². The molecule has 0 radical (unpaired) electrons. The number of nitrogens with zero attached hydrogens (tertiary/aromatic N) is 5. The summed E-state index contributed by atoms with van der Waals surface area (Å²) in [7, 11) is 5.02. The molecule has 0 unspecified atom stereocenters. The van der Waals surface area contributed by atoms with E-state index < -0.39 is 0 Å². The van der Waals surface area contributed by atoms with E-state index >= 15 is 0 Å². The molecule has 1 amide bonds. The Morgan fingerprint density at radius 3 is 2.81 bits per heavy atom. The first-order valence-electron chi connectivity index (χ1n) is 9.83. The van der Waals surface area contributed by atoms with Gasteiger partial charge in [0.1, 0.15) is 17.8 Å². The second-order valence-corrected chi connectivity index (χ2v) is 7.26. The molecule has 1 fully saturated rings. The number of aromatic nitrogens is 4. The fourth-order valence-electron chi connectivity index (χ4n) is 3.18. The average molecular weight is 420 g/mol. The van der Waals surface area contributed by atoms with Crippen LogP contribution in [0, 0.1) is 5.92 Å². The number of nitrogen functional groups attached to an aromatic ring is 1. The summed E-state index contributed by atoms with van der Waals surface area (Å²) in [6.45, 7) is 0. The number of para-hydroxylation sites is 1. The first kappa shape index (κ1) is 20.3. The van der Waals surface area contributed by atoms with Crippen molar-refractivity contribution in [3.05, 3.63) is 36.3 Å². The van der Waals surface area contributed by atoms with E-state index in [1.165, 1.54) is 0 Å². The molecule has 0 saturated heterocycles. The maximum Gasteiger partial charge on any atom is 0.228 e. The van der Waals surface area contributed by atoms with Gasteiger partial charge in [0, 0.05) is 32.3 Å². The number of carbonyl (C=O) groups is 1. The first-order chi connectivity index (χ1) is 15.0. The van der Waals surface area contributed by atoms with Crippen molar-refractivity contribution in [2.24, 2.45) is 18.0 Å². The number of anilines is 4. The van der Waals surface area contributed by atoms with Crippen LogP contribution in [0.5, 0.6) is 5.75 Å². The van der Waals surface area contributed by atoms with Gasteiger partial charge in [0.05, 0.1) is 29.7 Å². The third-order valence-electron chi connectivity index (χ3n) is 4.87. The molecule has 0 aliphatic heterocycles. The molecule has 1 aliphatic rings. The fourth-order valence-corrected chi connectivity index (χ4v) is 3.18. The van der Waals surface area contributed by atoms with Crippen molar-refractivity contribution in [1.82, 2.24) is 19.7 Å². The molecule has 1 aliphatic carbocycles. The summed E-state index contributed by atoms with van der Waals surface area (Å²) < 4.78 is 7.29. The predicted molar refractivity (Wildman–Crippen MR) is 120 cm³/mol. The number of pyridine rings is 1. The Bertz CT molecular complexity index is 1150. The molecule has 3 aromatic rings. The molecule has 160 valence electrons. The second-order valence-electron chi connectivity index (χ2n) is 7.26. The number of methoxy groups -OCH3 is 1. The molecule has 1 aromatic carbocycles. The van der Waals surface area contributed by atoms with Crippen LogP contribution in [0.3, 0.4) is 0 Å². The molecular weight excluding hydrogens is 396 g/mol. The van der Waals surface area contributed by atoms with Gasteiger partial charge in [-0.15, -0.1) is 0 Å². The lowest BCUT2D eigenvalue weighted by atomic mass is 10.1. The molecule has 31 heavy (non-hydrogen) atoms. The Labute approximate surface area is 179 Å². The quantitative estimate of drug-likeness (QED) is 0.500. The van der Waals surface area contributed by atoms with Crippen molar-refractivity contribution in [1.29, 1.82) is 0 Å². The summed E-state index contributed by atoms with van der Waals surface area (Å²) in [6.07, 6.45) is 4.99. The number of hydrogen-bond acceptors (Lipinski definition) is 8. The maximum absolute atomic E-state index is 12.2. The molecular formula is C21H24N8O2. The number of carbonyl (C=O) groups excluding carboxylic acids is 1. The van der Waals surface area contributed by atoms with Crippen LogP contribution in [-0.4, -0.2) is 46.0 Å². The van der Waals surface area contributed by atoms with E-state index in [0.717, 1.165) is 18.4 Å². The minimum absolute atomic E-state index is 0.0385. The highest BCUT2D eigenvalue weighted by atomic mass is 16.5. The minimum Gasteiger partial charge on any atom is -0.494 e. The molecule has 2 heterocycles. The van der Waals surface area contributed by atoms with Gasteiger partial charge in [-0.25, -0.2) is 9.97 Å². The SMILES string of the molecule is CN=Cc1nc(NC(=O)C2CC2)cc(Nc2cccc(-c3ncn(C)n3)c2OC)c1N. The number of nitrogens with two attached hydrogens (primary N) is 1. The molecule has 0 bridgehead atoms. The summed E-state index contributed by atoms with van der Waals surface area (Å²) in [6, 6.07) is 7.32. The van der Waals surface area contributed by atoms with Gasteiger partial charge in [-0.1, -0.05) is 6.07 Å². The summed E-state index contributed by atoms with van der Waals surface area (Å²) >= 11 is 0.